The molecule has 0 aliphatic rings. The Morgan fingerprint density at radius 3 is 2.55 bits per heavy atom. The van der Waals surface area contributed by atoms with Gasteiger partial charge in [0.2, 0.25) is 0 Å². The minimum absolute atomic E-state index is 0.508. The number of aromatic nitrogens is 2. The summed E-state index contributed by atoms with van der Waals surface area (Å²) in [5.74, 6) is 1.38. The van der Waals surface area contributed by atoms with Crippen molar-refractivity contribution in [2.75, 3.05) is 12.8 Å². The van der Waals surface area contributed by atoms with Crippen molar-refractivity contribution in [1.82, 2.24) is 9.97 Å². The van der Waals surface area contributed by atoms with E-state index in [0.717, 1.165) is 38.9 Å². The number of hydrogen-bond acceptors (Lipinski definition) is 4. The summed E-state index contributed by atoms with van der Waals surface area (Å²) in [4.78, 5) is 8.57. The molecule has 2 N–H and O–H groups in total. The third kappa shape index (κ3) is 2.17. The molecule has 0 aliphatic heterocycles. The zero-order valence-corrected chi connectivity index (χ0v) is 13.3. The highest BCUT2D eigenvalue weighted by Gasteiger charge is 2.15. The van der Waals surface area contributed by atoms with E-state index in [4.69, 9.17) is 10.5 Å². The summed E-state index contributed by atoms with van der Waals surface area (Å²) >= 11 is 0. The number of nitrogens with zero attached hydrogens (tertiary/aromatic N) is 2. The average molecular weight is 293 g/mol. The Morgan fingerprint density at radius 2 is 1.82 bits per heavy atom. The summed E-state index contributed by atoms with van der Waals surface area (Å²) in [6, 6.07) is 8.23. The first-order valence-electron chi connectivity index (χ1n) is 7.18. The predicted molar refractivity (Wildman–Crippen MR) is 90.1 cm³/mol. The van der Waals surface area contributed by atoms with Crippen LogP contribution in [0.4, 0.5) is 5.82 Å². The number of nitrogen functional groups attached to an aromatic ring is 1. The Labute approximate surface area is 130 Å². The van der Waals surface area contributed by atoms with Crippen LogP contribution < -0.4 is 10.5 Å². The summed E-state index contributed by atoms with van der Waals surface area (Å²) in [7, 11) is 1.69. The van der Waals surface area contributed by atoms with Crippen LogP contribution in [0.15, 0.2) is 30.6 Å². The summed E-state index contributed by atoms with van der Waals surface area (Å²) in [5, 5.41) is 0.888. The van der Waals surface area contributed by atoms with Crippen molar-refractivity contribution in [3.63, 3.8) is 0 Å². The van der Waals surface area contributed by atoms with E-state index in [1.807, 2.05) is 12.1 Å². The van der Waals surface area contributed by atoms with Crippen molar-refractivity contribution in [1.29, 1.82) is 0 Å². The number of hydrogen-bond donors (Lipinski definition) is 1. The molecule has 0 atom stereocenters. The largest absolute Gasteiger partial charge is 0.496 e. The van der Waals surface area contributed by atoms with Crippen LogP contribution in [0.1, 0.15) is 16.7 Å². The van der Waals surface area contributed by atoms with Crippen LogP contribution in [0.25, 0.3) is 22.0 Å². The molecule has 2 aromatic carbocycles. The van der Waals surface area contributed by atoms with Gasteiger partial charge in [-0.3, -0.25) is 0 Å². The molecule has 3 rings (SSSR count). The van der Waals surface area contributed by atoms with Gasteiger partial charge < -0.3 is 10.5 Å². The number of anilines is 1. The molecule has 4 nitrogen and oxygen atoms in total. The molecule has 0 spiro atoms. The second-order valence-electron chi connectivity index (χ2n) is 5.55. The van der Waals surface area contributed by atoms with Crippen molar-refractivity contribution in [2.45, 2.75) is 20.8 Å². The maximum atomic E-state index is 6.03. The molecule has 22 heavy (non-hydrogen) atoms. The molecule has 4 heteroatoms. The Morgan fingerprint density at radius 1 is 1.05 bits per heavy atom. The lowest BCUT2D eigenvalue weighted by atomic mass is 9.92. The van der Waals surface area contributed by atoms with E-state index in [0.29, 0.717) is 5.82 Å². The third-order valence-electron chi connectivity index (χ3n) is 4.03. The van der Waals surface area contributed by atoms with Crippen molar-refractivity contribution in [2.24, 2.45) is 0 Å². The highest BCUT2D eigenvalue weighted by Crippen LogP contribution is 2.37. The fraction of sp³-hybridized carbons (Fsp3) is 0.222. The quantitative estimate of drug-likeness (QED) is 0.780. The van der Waals surface area contributed by atoms with E-state index in [1.54, 1.807) is 7.11 Å². The maximum absolute atomic E-state index is 6.03. The number of methoxy groups -OCH3 is 1. The van der Waals surface area contributed by atoms with Crippen LogP contribution >= 0.6 is 0 Å². The minimum Gasteiger partial charge on any atom is -0.496 e. The van der Waals surface area contributed by atoms with Crippen LogP contribution in [0.5, 0.6) is 5.75 Å². The van der Waals surface area contributed by atoms with Crippen molar-refractivity contribution in [3.05, 3.63) is 47.3 Å². The van der Waals surface area contributed by atoms with Gasteiger partial charge >= 0.3 is 0 Å². The molecule has 0 amide bonds. The lowest BCUT2D eigenvalue weighted by Crippen LogP contribution is -1.98. The molecule has 0 saturated heterocycles. The van der Waals surface area contributed by atoms with E-state index in [1.165, 1.54) is 11.9 Å². The second-order valence-corrected chi connectivity index (χ2v) is 5.55. The number of ether oxygens (including phenoxy) is 1. The fourth-order valence-electron chi connectivity index (χ4n) is 2.99. The van der Waals surface area contributed by atoms with E-state index >= 15 is 0 Å². The summed E-state index contributed by atoms with van der Waals surface area (Å²) in [6.07, 6.45) is 1.52. The fourth-order valence-corrected chi connectivity index (χ4v) is 2.99. The lowest BCUT2D eigenvalue weighted by molar-refractivity contribution is 0.412. The molecular formula is C18H19N3O. The molecule has 1 aromatic heterocycles. The molecule has 0 saturated carbocycles. The normalized spacial score (nSPS) is 10.9. The SMILES string of the molecule is COc1ccc(C)c(-c2cc(C)cc3c(N)ncnc23)c1C. The Bertz CT molecular complexity index is 872. The number of benzene rings is 2. The lowest BCUT2D eigenvalue weighted by Gasteiger charge is -2.16. The van der Waals surface area contributed by atoms with Crippen LogP contribution in [0.3, 0.4) is 0 Å². The number of rotatable bonds is 2. The van der Waals surface area contributed by atoms with Crippen LogP contribution in [0.2, 0.25) is 0 Å². The minimum atomic E-state index is 0.508. The molecule has 0 bridgehead atoms. The summed E-state index contributed by atoms with van der Waals surface area (Å²) < 4.78 is 5.47. The maximum Gasteiger partial charge on any atom is 0.134 e. The van der Waals surface area contributed by atoms with Gasteiger partial charge in [0.05, 0.1) is 12.6 Å². The molecule has 0 unspecified atom stereocenters. The summed E-state index contributed by atoms with van der Waals surface area (Å²) in [6.45, 7) is 6.22. The second kappa shape index (κ2) is 5.30. The first-order valence-corrected chi connectivity index (χ1v) is 7.18. The average Bonchev–Trinajstić information content (AvgIpc) is 2.48. The number of nitrogens with two attached hydrogens (primary N) is 1. The van der Waals surface area contributed by atoms with Gasteiger partial charge in [-0.15, -0.1) is 0 Å². The Balaban J connectivity index is 2.43. The van der Waals surface area contributed by atoms with E-state index < -0.39 is 0 Å². The Kier molecular flexibility index (Phi) is 3.45. The monoisotopic (exact) mass is 293 g/mol. The van der Waals surface area contributed by atoms with Gasteiger partial charge in [0.15, 0.2) is 0 Å². The van der Waals surface area contributed by atoms with Crippen LogP contribution in [-0.4, -0.2) is 17.1 Å². The molecule has 0 fully saturated rings. The first kappa shape index (κ1) is 14.3. The zero-order chi connectivity index (χ0) is 15.9. The standard InChI is InChI=1S/C18H19N3O/c1-10-7-13(17-14(8-10)18(19)21-9-20-17)16-11(2)5-6-15(22-4)12(16)3/h5-9H,1-4H3,(H2,19,20,21). The zero-order valence-electron chi connectivity index (χ0n) is 13.3. The molecule has 0 radical (unpaired) electrons. The van der Waals surface area contributed by atoms with Crippen molar-refractivity contribution >= 4 is 16.7 Å². The van der Waals surface area contributed by atoms with Gasteiger partial charge in [0, 0.05) is 10.9 Å². The van der Waals surface area contributed by atoms with E-state index in [2.05, 4.69) is 42.9 Å². The molecule has 3 aromatic rings. The van der Waals surface area contributed by atoms with Gasteiger partial charge in [-0.25, -0.2) is 9.97 Å². The smallest absolute Gasteiger partial charge is 0.134 e. The van der Waals surface area contributed by atoms with Gasteiger partial charge in [-0.2, -0.15) is 0 Å². The van der Waals surface area contributed by atoms with Gasteiger partial charge in [-0.05, 0) is 61.2 Å². The number of fused-ring (bicyclic) bond motifs is 1. The third-order valence-corrected chi connectivity index (χ3v) is 4.03. The first-order chi connectivity index (χ1) is 10.5. The highest BCUT2D eigenvalue weighted by molar-refractivity contribution is 6.00. The molecule has 1 heterocycles. The molecular weight excluding hydrogens is 274 g/mol. The van der Waals surface area contributed by atoms with Gasteiger partial charge in [-0.1, -0.05) is 6.07 Å². The van der Waals surface area contributed by atoms with Crippen LogP contribution in [-0.2, 0) is 0 Å². The predicted octanol–water partition coefficient (Wildman–Crippen LogP) is 3.81. The molecule has 0 aliphatic carbocycles. The van der Waals surface area contributed by atoms with E-state index in [9.17, 15) is 0 Å². The topological polar surface area (TPSA) is 61.0 Å². The van der Waals surface area contributed by atoms with Gasteiger partial charge in [0.25, 0.3) is 0 Å². The number of aryl methyl sites for hydroxylation is 2. The molecule has 112 valence electrons. The van der Waals surface area contributed by atoms with Crippen molar-refractivity contribution in [3.8, 4) is 16.9 Å². The van der Waals surface area contributed by atoms with Gasteiger partial charge in [0.1, 0.15) is 17.9 Å². The Hall–Kier alpha value is -2.62. The van der Waals surface area contributed by atoms with E-state index in [-0.39, 0.29) is 0 Å². The van der Waals surface area contributed by atoms with Crippen molar-refractivity contribution < 1.29 is 4.74 Å². The summed E-state index contributed by atoms with van der Waals surface area (Å²) in [5.41, 5.74) is 12.5. The van der Waals surface area contributed by atoms with Crippen LogP contribution in [0, 0.1) is 20.8 Å². The highest BCUT2D eigenvalue weighted by atomic mass is 16.5.